The van der Waals surface area contributed by atoms with Crippen molar-refractivity contribution in [3.05, 3.63) is 0 Å². The molecule has 3 fully saturated rings. The molecule has 3 saturated carbocycles. The van der Waals surface area contributed by atoms with Gasteiger partial charge in [0.15, 0.2) is 0 Å². The number of aliphatic hydroxyl groups excluding tert-OH is 1. The summed E-state index contributed by atoms with van der Waals surface area (Å²) in [4.78, 5) is 0. The van der Waals surface area contributed by atoms with Crippen molar-refractivity contribution in [1.29, 1.82) is 0 Å². The maximum Gasteiger partial charge on any atom is 0.0605 e. The monoisotopic (exact) mass is 252 g/mol. The summed E-state index contributed by atoms with van der Waals surface area (Å²) < 4.78 is 5.76. The summed E-state index contributed by atoms with van der Waals surface area (Å²) >= 11 is 0. The second-order valence-corrected chi connectivity index (χ2v) is 7.04. The van der Waals surface area contributed by atoms with Crippen LogP contribution in [0, 0.1) is 23.2 Å². The van der Waals surface area contributed by atoms with Crippen LogP contribution in [0.4, 0.5) is 0 Å². The molecular weight excluding hydrogens is 224 g/mol. The minimum atomic E-state index is 0.206. The fourth-order valence-corrected chi connectivity index (χ4v) is 5.35. The van der Waals surface area contributed by atoms with E-state index in [2.05, 4.69) is 0 Å². The standard InChI is InChI=1S/C16H28O2/c1-18-15-7-4-8-16(11-17)10-13-6-3-2-5-12(13)9-14(15)16/h12-15,17H,2-11H2,1H3. The van der Waals surface area contributed by atoms with Gasteiger partial charge in [0, 0.05) is 13.7 Å². The normalized spacial score (nSPS) is 48.3. The van der Waals surface area contributed by atoms with Crippen molar-refractivity contribution in [3.8, 4) is 0 Å². The van der Waals surface area contributed by atoms with E-state index in [1.54, 1.807) is 0 Å². The van der Waals surface area contributed by atoms with Gasteiger partial charge in [0.1, 0.15) is 0 Å². The molecule has 1 N–H and O–H groups in total. The molecule has 3 rings (SSSR count). The molecule has 5 atom stereocenters. The summed E-state index contributed by atoms with van der Waals surface area (Å²) in [6.45, 7) is 0.390. The van der Waals surface area contributed by atoms with Crippen LogP contribution in [0.1, 0.15) is 57.8 Å². The number of methoxy groups -OCH3 is 1. The lowest BCUT2D eigenvalue weighted by molar-refractivity contribution is -0.127. The van der Waals surface area contributed by atoms with Crippen LogP contribution in [0.25, 0.3) is 0 Å². The number of hydrogen-bond acceptors (Lipinski definition) is 2. The second kappa shape index (κ2) is 5.13. The molecule has 2 nitrogen and oxygen atoms in total. The number of rotatable bonds is 2. The first-order chi connectivity index (χ1) is 8.79. The van der Waals surface area contributed by atoms with E-state index < -0.39 is 0 Å². The van der Waals surface area contributed by atoms with Gasteiger partial charge in [-0.3, -0.25) is 0 Å². The van der Waals surface area contributed by atoms with Crippen LogP contribution in [-0.2, 0) is 4.74 Å². The van der Waals surface area contributed by atoms with E-state index in [4.69, 9.17) is 4.74 Å². The zero-order valence-electron chi connectivity index (χ0n) is 11.7. The summed E-state index contributed by atoms with van der Waals surface area (Å²) in [5.41, 5.74) is 0.206. The van der Waals surface area contributed by atoms with Gasteiger partial charge in [0.05, 0.1) is 6.10 Å². The van der Waals surface area contributed by atoms with E-state index >= 15 is 0 Å². The fraction of sp³-hybridized carbons (Fsp3) is 1.00. The lowest BCUT2D eigenvalue weighted by atomic mass is 9.52. The highest BCUT2D eigenvalue weighted by Gasteiger charge is 2.51. The van der Waals surface area contributed by atoms with E-state index in [0.717, 1.165) is 11.8 Å². The molecule has 0 radical (unpaired) electrons. The molecule has 0 aromatic carbocycles. The predicted molar refractivity (Wildman–Crippen MR) is 72.3 cm³/mol. The van der Waals surface area contributed by atoms with Crippen LogP contribution in [0.5, 0.6) is 0 Å². The van der Waals surface area contributed by atoms with Crippen molar-refractivity contribution < 1.29 is 9.84 Å². The molecular formula is C16H28O2. The average Bonchev–Trinajstić information content (AvgIpc) is 2.44. The van der Waals surface area contributed by atoms with Crippen molar-refractivity contribution in [2.24, 2.45) is 23.2 Å². The predicted octanol–water partition coefficient (Wildman–Crippen LogP) is 3.38. The Morgan fingerprint density at radius 2 is 1.89 bits per heavy atom. The van der Waals surface area contributed by atoms with E-state index in [-0.39, 0.29) is 5.41 Å². The Balaban J connectivity index is 1.83. The van der Waals surface area contributed by atoms with Gasteiger partial charge < -0.3 is 9.84 Å². The Morgan fingerprint density at radius 3 is 2.61 bits per heavy atom. The lowest BCUT2D eigenvalue weighted by Gasteiger charge is -2.55. The molecule has 0 amide bonds. The van der Waals surface area contributed by atoms with Gasteiger partial charge >= 0.3 is 0 Å². The molecule has 5 unspecified atom stereocenters. The molecule has 3 aliphatic rings. The fourth-order valence-electron chi connectivity index (χ4n) is 5.35. The van der Waals surface area contributed by atoms with Crippen LogP contribution >= 0.6 is 0 Å². The Labute approximate surface area is 111 Å². The zero-order valence-corrected chi connectivity index (χ0v) is 11.7. The van der Waals surface area contributed by atoms with Crippen LogP contribution < -0.4 is 0 Å². The molecule has 0 spiro atoms. The molecule has 18 heavy (non-hydrogen) atoms. The first kappa shape index (κ1) is 12.9. The third kappa shape index (κ3) is 2.02. The van der Waals surface area contributed by atoms with E-state index in [1.165, 1.54) is 57.8 Å². The van der Waals surface area contributed by atoms with Gasteiger partial charge in [-0.2, -0.15) is 0 Å². The smallest absolute Gasteiger partial charge is 0.0605 e. The third-order valence-corrected chi connectivity index (χ3v) is 6.31. The van der Waals surface area contributed by atoms with E-state index in [9.17, 15) is 5.11 Å². The van der Waals surface area contributed by atoms with Crippen LogP contribution in [0.2, 0.25) is 0 Å². The van der Waals surface area contributed by atoms with Gasteiger partial charge in [-0.1, -0.05) is 32.1 Å². The number of aliphatic hydroxyl groups is 1. The molecule has 0 aromatic heterocycles. The molecule has 0 aliphatic heterocycles. The summed E-state index contributed by atoms with van der Waals surface area (Å²) in [5, 5.41) is 10.0. The summed E-state index contributed by atoms with van der Waals surface area (Å²) in [7, 11) is 1.87. The van der Waals surface area contributed by atoms with Crippen LogP contribution in [-0.4, -0.2) is 24.9 Å². The SMILES string of the molecule is COC1CCCC2(CO)CC3CCCCC3CC12. The Bertz CT molecular complexity index is 291. The van der Waals surface area contributed by atoms with Gasteiger partial charge in [-0.15, -0.1) is 0 Å². The lowest BCUT2D eigenvalue weighted by Crippen LogP contribution is -2.51. The van der Waals surface area contributed by atoms with E-state index in [1.807, 2.05) is 7.11 Å². The maximum absolute atomic E-state index is 10.0. The largest absolute Gasteiger partial charge is 0.396 e. The minimum absolute atomic E-state index is 0.206. The molecule has 0 bridgehead atoms. The maximum atomic E-state index is 10.0. The molecule has 0 saturated heterocycles. The number of hydrogen-bond donors (Lipinski definition) is 1. The highest BCUT2D eigenvalue weighted by atomic mass is 16.5. The minimum Gasteiger partial charge on any atom is -0.396 e. The Morgan fingerprint density at radius 1 is 1.11 bits per heavy atom. The van der Waals surface area contributed by atoms with Gasteiger partial charge in [-0.05, 0) is 48.9 Å². The van der Waals surface area contributed by atoms with Gasteiger partial charge in [0.25, 0.3) is 0 Å². The first-order valence-corrected chi connectivity index (χ1v) is 7.93. The molecule has 3 aliphatic carbocycles. The van der Waals surface area contributed by atoms with Gasteiger partial charge in [-0.25, -0.2) is 0 Å². The van der Waals surface area contributed by atoms with E-state index in [0.29, 0.717) is 18.6 Å². The second-order valence-electron chi connectivity index (χ2n) is 7.04. The first-order valence-electron chi connectivity index (χ1n) is 7.93. The Kier molecular flexibility index (Phi) is 3.68. The molecule has 0 heterocycles. The highest BCUT2D eigenvalue weighted by Crippen LogP contribution is 2.57. The Hall–Kier alpha value is -0.0800. The summed E-state index contributed by atoms with van der Waals surface area (Å²) in [6.07, 6.45) is 12.4. The molecule has 104 valence electrons. The summed E-state index contributed by atoms with van der Waals surface area (Å²) in [6, 6.07) is 0. The van der Waals surface area contributed by atoms with Crippen molar-refractivity contribution in [2.75, 3.05) is 13.7 Å². The van der Waals surface area contributed by atoms with Crippen molar-refractivity contribution in [2.45, 2.75) is 63.9 Å². The summed E-state index contributed by atoms with van der Waals surface area (Å²) in [5.74, 6) is 2.46. The quantitative estimate of drug-likeness (QED) is 0.816. The topological polar surface area (TPSA) is 29.5 Å². The highest BCUT2D eigenvalue weighted by molar-refractivity contribution is 5.01. The van der Waals surface area contributed by atoms with Crippen molar-refractivity contribution in [3.63, 3.8) is 0 Å². The van der Waals surface area contributed by atoms with Gasteiger partial charge in [0.2, 0.25) is 0 Å². The molecule has 0 aromatic rings. The molecule has 2 heteroatoms. The number of ether oxygens (including phenoxy) is 1. The third-order valence-electron chi connectivity index (χ3n) is 6.31. The average molecular weight is 252 g/mol. The zero-order chi connectivity index (χ0) is 12.6. The van der Waals surface area contributed by atoms with Crippen molar-refractivity contribution in [1.82, 2.24) is 0 Å². The van der Waals surface area contributed by atoms with Crippen LogP contribution in [0.3, 0.4) is 0 Å². The van der Waals surface area contributed by atoms with Crippen molar-refractivity contribution >= 4 is 0 Å². The number of fused-ring (bicyclic) bond motifs is 2. The van der Waals surface area contributed by atoms with Crippen LogP contribution in [0.15, 0.2) is 0 Å².